The van der Waals surface area contributed by atoms with E-state index in [1.807, 2.05) is 26.6 Å². The van der Waals surface area contributed by atoms with Crippen molar-refractivity contribution in [1.29, 1.82) is 0 Å². The van der Waals surface area contributed by atoms with Crippen LogP contribution in [0.25, 0.3) is 0 Å². The van der Waals surface area contributed by atoms with Crippen LogP contribution in [-0.2, 0) is 23.5 Å². The molecule has 1 saturated heterocycles. The van der Waals surface area contributed by atoms with Gasteiger partial charge >= 0.3 is 11.9 Å². The van der Waals surface area contributed by atoms with Gasteiger partial charge in [0.2, 0.25) is 14.2 Å². The lowest BCUT2D eigenvalue weighted by Crippen LogP contribution is -2.73. The number of rotatable bonds is 5. The molecule has 1 amide bonds. The van der Waals surface area contributed by atoms with Gasteiger partial charge in [0, 0.05) is 6.92 Å². The lowest BCUT2D eigenvalue weighted by atomic mass is 10.1. The van der Waals surface area contributed by atoms with Crippen LogP contribution in [0.4, 0.5) is 0 Å². The van der Waals surface area contributed by atoms with Crippen LogP contribution in [0.1, 0.15) is 13.8 Å². The SMILES string of the molecule is CC(=O)OC1=C(C(=O)O[Si](C)(C)C)N2C(=O)C(N[Si](C)(C)C)[C@H]2SC1C. The van der Waals surface area contributed by atoms with Gasteiger partial charge in [0.15, 0.2) is 11.5 Å². The molecule has 2 rings (SSSR count). The first-order valence-corrected chi connectivity index (χ1v) is 16.5. The van der Waals surface area contributed by atoms with Crippen LogP contribution in [0.15, 0.2) is 11.5 Å². The summed E-state index contributed by atoms with van der Waals surface area (Å²) in [6, 6.07) is -0.331. The van der Waals surface area contributed by atoms with Gasteiger partial charge in [-0.2, -0.15) is 0 Å². The van der Waals surface area contributed by atoms with Gasteiger partial charge in [0.05, 0.1) is 5.25 Å². The van der Waals surface area contributed by atoms with E-state index in [1.165, 1.54) is 23.6 Å². The molecule has 0 aromatic rings. The van der Waals surface area contributed by atoms with Crippen molar-refractivity contribution in [1.82, 2.24) is 9.88 Å². The van der Waals surface area contributed by atoms with E-state index >= 15 is 0 Å². The fraction of sp³-hybridized carbons (Fsp3) is 0.688. The number of thioether (sulfide) groups is 1. The summed E-state index contributed by atoms with van der Waals surface area (Å²) in [5.74, 6) is -1.07. The number of amides is 1. The number of esters is 1. The third kappa shape index (κ3) is 4.59. The molecule has 10 heteroatoms. The number of nitrogens with one attached hydrogen (secondary N) is 1. The zero-order valence-corrected chi connectivity index (χ0v) is 19.4. The Kier molecular flexibility index (Phi) is 5.82. The van der Waals surface area contributed by atoms with Crippen LogP contribution < -0.4 is 4.98 Å². The fourth-order valence-electron chi connectivity index (χ4n) is 2.83. The molecule has 0 radical (unpaired) electrons. The average molecular weight is 417 g/mol. The first kappa shape index (κ1) is 21.2. The number of hydrogen-bond acceptors (Lipinski definition) is 7. The molecule has 2 heterocycles. The Morgan fingerprint density at radius 2 is 1.73 bits per heavy atom. The van der Waals surface area contributed by atoms with Gasteiger partial charge in [-0.25, -0.2) is 4.79 Å². The van der Waals surface area contributed by atoms with E-state index in [4.69, 9.17) is 9.16 Å². The number of ether oxygens (including phenoxy) is 1. The summed E-state index contributed by atoms with van der Waals surface area (Å²) in [5, 5.41) is -0.434. The second-order valence-corrected chi connectivity index (χ2v) is 19.2. The van der Waals surface area contributed by atoms with Crippen LogP contribution in [0.3, 0.4) is 0 Å². The van der Waals surface area contributed by atoms with Gasteiger partial charge in [-0.05, 0) is 26.6 Å². The molecule has 3 atom stereocenters. The third-order valence-corrected chi connectivity index (χ3v) is 7.02. The first-order valence-electron chi connectivity index (χ1n) is 8.63. The highest BCUT2D eigenvalue weighted by molar-refractivity contribution is 8.00. The van der Waals surface area contributed by atoms with Crippen molar-refractivity contribution in [3.05, 3.63) is 11.5 Å². The Morgan fingerprint density at radius 3 is 2.19 bits per heavy atom. The molecule has 1 N–H and O–H groups in total. The van der Waals surface area contributed by atoms with E-state index in [1.54, 1.807) is 0 Å². The summed E-state index contributed by atoms with van der Waals surface area (Å²) >= 11 is 1.51. The zero-order valence-electron chi connectivity index (χ0n) is 16.6. The maximum absolute atomic E-state index is 12.8. The van der Waals surface area contributed by atoms with Gasteiger partial charge in [-0.3, -0.25) is 14.5 Å². The molecule has 0 aromatic carbocycles. The highest BCUT2D eigenvalue weighted by atomic mass is 32.2. The van der Waals surface area contributed by atoms with E-state index in [0.29, 0.717) is 0 Å². The molecule has 2 aliphatic heterocycles. The average Bonchev–Trinajstić information content (AvgIpc) is 2.43. The highest BCUT2D eigenvalue weighted by Crippen LogP contribution is 2.45. The van der Waals surface area contributed by atoms with E-state index in [0.717, 1.165) is 0 Å². The van der Waals surface area contributed by atoms with Crippen LogP contribution in [-0.4, -0.2) is 56.0 Å². The van der Waals surface area contributed by atoms with Crippen LogP contribution in [0.5, 0.6) is 0 Å². The minimum Gasteiger partial charge on any atom is -0.515 e. The summed E-state index contributed by atoms with van der Waals surface area (Å²) in [7, 11) is -3.86. The second kappa shape index (κ2) is 7.14. The quantitative estimate of drug-likeness (QED) is 0.418. The number of carbonyl (C=O) groups is 3. The van der Waals surface area contributed by atoms with Gasteiger partial charge in [0.1, 0.15) is 19.7 Å². The Labute approximate surface area is 161 Å². The maximum Gasteiger partial charge on any atom is 0.345 e. The normalized spacial score (nSPS) is 26.2. The van der Waals surface area contributed by atoms with E-state index in [9.17, 15) is 14.4 Å². The van der Waals surface area contributed by atoms with Gasteiger partial charge < -0.3 is 14.1 Å². The molecule has 0 saturated carbocycles. The van der Waals surface area contributed by atoms with E-state index < -0.39 is 28.5 Å². The molecule has 146 valence electrons. The lowest BCUT2D eigenvalue weighted by molar-refractivity contribution is -0.149. The van der Waals surface area contributed by atoms with Crippen molar-refractivity contribution in [3.8, 4) is 0 Å². The molecule has 1 fully saturated rings. The van der Waals surface area contributed by atoms with Crippen molar-refractivity contribution >= 4 is 46.2 Å². The van der Waals surface area contributed by atoms with E-state index in [2.05, 4.69) is 24.6 Å². The van der Waals surface area contributed by atoms with Gasteiger partial charge in [-0.1, -0.05) is 19.6 Å². The van der Waals surface area contributed by atoms with Crippen LogP contribution >= 0.6 is 11.8 Å². The standard InChI is InChI=1S/C16H28N2O5SSi2/c1-9-13(22-10(2)19)12(16(21)23-26(6,7)8)18-14(20)11(15(18)24-9)17-25(3,4)5/h9,11,15,17H,1-8H3/t9?,11?,15-/m1/s1. The fourth-order valence-corrected chi connectivity index (χ4v) is 6.20. The molecule has 2 aliphatic rings. The van der Waals surface area contributed by atoms with Crippen LogP contribution in [0, 0.1) is 0 Å². The number of carbonyl (C=O) groups excluding carboxylic acids is 3. The molecular formula is C16H28N2O5SSi2. The molecule has 0 aromatic heterocycles. The Morgan fingerprint density at radius 1 is 1.15 bits per heavy atom. The van der Waals surface area contributed by atoms with Crippen molar-refractivity contribution in [3.63, 3.8) is 0 Å². The van der Waals surface area contributed by atoms with E-state index in [-0.39, 0.29) is 34.0 Å². The maximum atomic E-state index is 12.8. The molecule has 2 unspecified atom stereocenters. The molecule has 0 bridgehead atoms. The predicted molar refractivity (Wildman–Crippen MR) is 106 cm³/mol. The monoisotopic (exact) mass is 416 g/mol. The highest BCUT2D eigenvalue weighted by Gasteiger charge is 2.57. The van der Waals surface area contributed by atoms with Crippen LogP contribution in [0.2, 0.25) is 39.3 Å². The first-order chi connectivity index (χ1) is 11.7. The minimum absolute atomic E-state index is 0.0810. The van der Waals surface area contributed by atoms with Crippen molar-refractivity contribution in [2.45, 2.75) is 69.8 Å². The van der Waals surface area contributed by atoms with Crippen molar-refractivity contribution < 1.29 is 23.5 Å². The molecule has 26 heavy (non-hydrogen) atoms. The molecule has 0 aliphatic carbocycles. The smallest absolute Gasteiger partial charge is 0.345 e. The summed E-state index contributed by atoms with van der Waals surface area (Å²) in [5.41, 5.74) is 0.0810. The summed E-state index contributed by atoms with van der Waals surface area (Å²) in [6.07, 6.45) is 0. The Balaban J connectivity index is 2.41. The second-order valence-electron chi connectivity index (χ2n) is 8.56. The molecule has 7 nitrogen and oxygen atoms in total. The Hall–Kier alpha value is -1.11. The third-order valence-electron chi connectivity index (χ3n) is 3.66. The molecular weight excluding hydrogens is 388 g/mol. The summed E-state index contributed by atoms with van der Waals surface area (Å²) < 4.78 is 10.9. The summed E-state index contributed by atoms with van der Waals surface area (Å²) in [6.45, 7) is 15.2. The topological polar surface area (TPSA) is 84.9 Å². The zero-order chi connectivity index (χ0) is 20.0. The number of fused-ring (bicyclic) bond motifs is 1. The Bertz CT molecular complexity index is 669. The largest absolute Gasteiger partial charge is 0.515 e. The van der Waals surface area contributed by atoms with Crippen molar-refractivity contribution in [2.24, 2.45) is 0 Å². The van der Waals surface area contributed by atoms with Gasteiger partial charge in [-0.15, -0.1) is 11.8 Å². The van der Waals surface area contributed by atoms with Crippen molar-refractivity contribution in [2.75, 3.05) is 0 Å². The number of hydrogen-bond donors (Lipinski definition) is 1. The molecule has 0 spiro atoms. The summed E-state index contributed by atoms with van der Waals surface area (Å²) in [4.78, 5) is 42.0. The lowest BCUT2D eigenvalue weighted by Gasteiger charge is -2.52. The number of β-lactam (4-membered cyclic amide) rings is 1. The minimum atomic E-state index is -2.18. The predicted octanol–water partition coefficient (Wildman–Crippen LogP) is 2.24. The van der Waals surface area contributed by atoms with Gasteiger partial charge in [0.25, 0.3) is 0 Å². The number of nitrogens with zero attached hydrogens (tertiary/aromatic N) is 1.